The van der Waals surface area contributed by atoms with Crippen molar-refractivity contribution in [2.45, 2.75) is 0 Å². The molecule has 0 aliphatic carbocycles. The van der Waals surface area contributed by atoms with E-state index in [0.29, 0.717) is 17.3 Å². The van der Waals surface area contributed by atoms with Gasteiger partial charge in [-0.05, 0) is 18.2 Å². The van der Waals surface area contributed by atoms with Crippen LogP contribution in [0.5, 0.6) is 0 Å². The van der Waals surface area contributed by atoms with Crippen molar-refractivity contribution < 1.29 is 4.52 Å². The van der Waals surface area contributed by atoms with Gasteiger partial charge in [0.05, 0.1) is 5.56 Å². The number of nitriles is 1. The molecule has 0 aliphatic rings. The molecule has 2 aromatic heterocycles. The predicted molar refractivity (Wildman–Crippen MR) is 76.6 cm³/mol. The van der Waals surface area contributed by atoms with Crippen LogP contribution in [0, 0.1) is 11.3 Å². The molecule has 0 atom stereocenters. The van der Waals surface area contributed by atoms with Crippen LogP contribution in [0.2, 0.25) is 0 Å². The second kappa shape index (κ2) is 4.94. The topological polar surface area (TPSA) is 67.6 Å². The Kier molecular flexibility index (Phi) is 3.12. The maximum atomic E-state index is 8.90. The quantitative estimate of drug-likeness (QED) is 0.723. The summed E-state index contributed by atoms with van der Waals surface area (Å²) in [6.45, 7) is 0. The summed E-state index contributed by atoms with van der Waals surface area (Å²) < 4.78 is 8.02. The third-order valence-electron chi connectivity index (χ3n) is 2.86. The van der Waals surface area contributed by atoms with Crippen molar-refractivity contribution in [3.8, 4) is 29.0 Å². The molecule has 0 amide bonds. The molecule has 0 saturated carbocycles. The summed E-state index contributed by atoms with van der Waals surface area (Å²) in [5, 5.41) is 12.9. The minimum atomic E-state index is 0.393. The van der Waals surface area contributed by atoms with E-state index in [9.17, 15) is 0 Å². The average Bonchev–Trinajstić information content (AvgIpc) is 3.05. The van der Waals surface area contributed by atoms with E-state index in [4.69, 9.17) is 9.78 Å². The number of benzene rings is 1. The molecule has 98 valence electrons. The number of rotatable bonds is 2. The Morgan fingerprint density at radius 1 is 1.35 bits per heavy atom. The van der Waals surface area contributed by atoms with Crippen molar-refractivity contribution in [2.24, 2.45) is 7.05 Å². The summed E-state index contributed by atoms with van der Waals surface area (Å²) in [5.74, 6) is 0.907. The lowest BCUT2D eigenvalue weighted by Crippen LogP contribution is -1.89. The highest BCUT2D eigenvalue weighted by molar-refractivity contribution is 9.10. The van der Waals surface area contributed by atoms with Crippen LogP contribution >= 0.6 is 15.9 Å². The van der Waals surface area contributed by atoms with Gasteiger partial charge >= 0.3 is 0 Å². The maximum Gasteiger partial charge on any atom is 0.274 e. The normalized spacial score (nSPS) is 10.4. The fraction of sp³-hybridized carbons (Fsp3) is 0.0714. The molecule has 0 unspecified atom stereocenters. The van der Waals surface area contributed by atoms with E-state index in [1.54, 1.807) is 16.8 Å². The Labute approximate surface area is 123 Å². The smallest absolute Gasteiger partial charge is 0.274 e. The molecule has 2 heterocycles. The molecule has 0 radical (unpaired) electrons. The van der Waals surface area contributed by atoms with Gasteiger partial charge in [-0.1, -0.05) is 33.2 Å². The van der Waals surface area contributed by atoms with Crippen LogP contribution in [0.25, 0.3) is 23.0 Å². The lowest BCUT2D eigenvalue weighted by molar-refractivity contribution is 0.429. The molecule has 0 saturated heterocycles. The zero-order valence-electron chi connectivity index (χ0n) is 10.5. The van der Waals surface area contributed by atoms with Crippen LogP contribution in [0.4, 0.5) is 0 Å². The molecule has 0 bridgehead atoms. The summed E-state index contributed by atoms with van der Waals surface area (Å²) in [6, 6.07) is 11.5. The van der Waals surface area contributed by atoms with Gasteiger partial charge in [-0.25, -0.2) is 0 Å². The van der Waals surface area contributed by atoms with Gasteiger partial charge in [0.25, 0.3) is 5.89 Å². The van der Waals surface area contributed by atoms with Crippen molar-refractivity contribution >= 4 is 15.9 Å². The molecule has 6 heteroatoms. The molecule has 5 nitrogen and oxygen atoms in total. The summed E-state index contributed by atoms with van der Waals surface area (Å²) in [7, 11) is 1.83. The Morgan fingerprint density at radius 3 is 2.90 bits per heavy atom. The molecule has 0 spiro atoms. The van der Waals surface area contributed by atoms with Crippen LogP contribution in [-0.2, 0) is 7.05 Å². The Bertz CT molecular complexity index is 813. The summed E-state index contributed by atoms with van der Waals surface area (Å²) in [4.78, 5) is 4.37. The highest BCUT2D eigenvalue weighted by Gasteiger charge is 2.14. The zero-order chi connectivity index (χ0) is 14.1. The van der Waals surface area contributed by atoms with Crippen molar-refractivity contribution in [1.82, 2.24) is 14.7 Å². The van der Waals surface area contributed by atoms with Gasteiger partial charge in [-0.2, -0.15) is 10.2 Å². The van der Waals surface area contributed by atoms with Gasteiger partial charge in [0, 0.05) is 23.3 Å². The first kappa shape index (κ1) is 12.6. The Hall–Kier alpha value is -2.39. The van der Waals surface area contributed by atoms with Gasteiger partial charge in [0.1, 0.15) is 11.8 Å². The van der Waals surface area contributed by atoms with Crippen molar-refractivity contribution in [2.75, 3.05) is 0 Å². The molecule has 0 N–H and O–H groups in total. The van der Waals surface area contributed by atoms with E-state index in [2.05, 4.69) is 32.1 Å². The van der Waals surface area contributed by atoms with Crippen LogP contribution < -0.4 is 0 Å². The van der Waals surface area contributed by atoms with E-state index in [1.165, 1.54) is 0 Å². The number of aromatic nitrogens is 3. The second-order valence-electron chi connectivity index (χ2n) is 4.27. The second-order valence-corrected chi connectivity index (χ2v) is 5.19. The highest BCUT2D eigenvalue weighted by atomic mass is 79.9. The largest absolute Gasteiger partial charge is 0.345 e. The van der Waals surface area contributed by atoms with Gasteiger partial charge in [-0.15, -0.1) is 0 Å². The number of nitrogens with zero attached hydrogens (tertiary/aromatic N) is 4. The first-order valence-electron chi connectivity index (χ1n) is 5.84. The molecular weight excluding hydrogens is 320 g/mol. The van der Waals surface area contributed by atoms with Crippen molar-refractivity contribution in [3.05, 3.63) is 46.6 Å². The van der Waals surface area contributed by atoms with Crippen molar-refractivity contribution in [3.63, 3.8) is 0 Å². The van der Waals surface area contributed by atoms with E-state index in [0.717, 1.165) is 15.7 Å². The minimum Gasteiger partial charge on any atom is -0.345 e. The van der Waals surface area contributed by atoms with E-state index >= 15 is 0 Å². The third kappa shape index (κ3) is 2.24. The lowest BCUT2D eigenvalue weighted by atomic mass is 10.2. The average molecular weight is 329 g/mol. The number of aryl methyl sites for hydroxylation is 1. The summed E-state index contributed by atoms with van der Waals surface area (Å²) in [6.07, 6.45) is 1.72. The van der Waals surface area contributed by atoms with Crippen LogP contribution in [-0.4, -0.2) is 14.7 Å². The fourth-order valence-electron chi connectivity index (χ4n) is 1.91. The number of hydrogen-bond acceptors (Lipinski definition) is 4. The SMILES string of the molecule is Cn1cc(C#N)cc1-c1nc(-c2cccc(Br)c2)no1. The standard InChI is InChI=1S/C14H9BrN4O/c1-19-8-9(7-16)5-12(19)14-17-13(18-20-14)10-3-2-4-11(15)6-10/h2-6,8H,1H3. The van der Waals surface area contributed by atoms with E-state index in [1.807, 2.05) is 31.3 Å². The molecule has 3 rings (SSSR count). The van der Waals surface area contributed by atoms with Gasteiger partial charge in [0.15, 0.2) is 0 Å². The minimum absolute atomic E-state index is 0.393. The molecule has 0 fully saturated rings. The van der Waals surface area contributed by atoms with Gasteiger partial charge in [0.2, 0.25) is 5.82 Å². The van der Waals surface area contributed by atoms with Gasteiger partial charge in [-0.3, -0.25) is 0 Å². The van der Waals surface area contributed by atoms with Crippen molar-refractivity contribution in [1.29, 1.82) is 5.26 Å². The first-order chi connectivity index (χ1) is 9.67. The highest BCUT2D eigenvalue weighted by Crippen LogP contribution is 2.25. The van der Waals surface area contributed by atoms with E-state index in [-0.39, 0.29) is 0 Å². The third-order valence-corrected chi connectivity index (χ3v) is 3.36. The number of halogens is 1. The van der Waals surface area contributed by atoms with E-state index < -0.39 is 0 Å². The first-order valence-corrected chi connectivity index (χ1v) is 6.63. The van der Waals surface area contributed by atoms with Gasteiger partial charge < -0.3 is 9.09 Å². The summed E-state index contributed by atoms with van der Waals surface area (Å²) in [5.41, 5.74) is 2.14. The maximum absolute atomic E-state index is 8.90. The summed E-state index contributed by atoms with van der Waals surface area (Å²) >= 11 is 3.41. The molecule has 1 aromatic carbocycles. The fourth-order valence-corrected chi connectivity index (χ4v) is 2.31. The number of hydrogen-bond donors (Lipinski definition) is 0. The zero-order valence-corrected chi connectivity index (χ0v) is 12.1. The molecule has 20 heavy (non-hydrogen) atoms. The predicted octanol–water partition coefficient (Wildman–Crippen LogP) is 3.38. The monoisotopic (exact) mass is 328 g/mol. The Balaban J connectivity index is 2.02. The van der Waals surface area contributed by atoms with Crippen LogP contribution in [0.3, 0.4) is 0 Å². The molecule has 0 aliphatic heterocycles. The Morgan fingerprint density at radius 2 is 2.20 bits per heavy atom. The molecule has 3 aromatic rings. The van der Waals surface area contributed by atoms with Crippen LogP contribution in [0.1, 0.15) is 5.56 Å². The lowest BCUT2D eigenvalue weighted by Gasteiger charge is -1.95. The molecular formula is C14H9BrN4O. The van der Waals surface area contributed by atoms with Crippen LogP contribution in [0.15, 0.2) is 45.5 Å².